The number of fused-ring (bicyclic) bond motifs is 1. The van der Waals surface area contributed by atoms with Gasteiger partial charge >= 0.3 is 0 Å². The Balaban J connectivity index is 1.50. The molecule has 0 atom stereocenters. The van der Waals surface area contributed by atoms with Gasteiger partial charge in [-0.3, -0.25) is 10.1 Å². The summed E-state index contributed by atoms with van der Waals surface area (Å²) in [6.45, 7) is 0. The summed E-state index contributed by atoms with van der Waals surface area (Å²) in [5.41, 5.74) is 2.84. The number of carbonyl (C=O) groups excluding carboxylic acids is 1. The first-order chi connectivity index (χ1) is 10.8. The highest BCUT2D eigenvalue weighted by Crippen LogP contribution is 2.30. The highest BCUT2D eigenvalue weighted by atomic mass is 32.1. The number of benzene rings is 1. The molecule has 0 aliphatic heterocycles. The van der Waals surface area contributed by atoms with Crippen LogP contribution in [0.2, 0.25) is 0 Å². The first-order valence-corrected chi connectivity index (χ1v) is 8.14. The molecule has 3 aromatic rings. The predicted molar refractivity (Wildman–Crippen MR) is 87.9 cm³/mol. The molecule has 0 spiro atoms. The van der Waals surface area contributed by atoms with Gasteiger partial charge in [-0.2, -0.15) is 0 Å². The Morgan fingerprint density at radius 1 is 1.14 bits per heavy atom. The van der Waals surface area contributed by atoms with Crippen LogP contribution in [0.25, 0.3) is 5.69 Å². The SMILES string of the molecule is O=C(Nc1nc2c(s1)CCC2)c1ccc(-n2cccc2)cc1. The Hall–Kier alpha value is -2.40. The van der Waals surface area contributed by atoms with Crippen LogP contribution in [0.1, 0.15) is 27.3 Å². The van der Waals surface area contributed by atoms with Crippen molar-refractivity contribution < 1.29 is 4.79 Å². The molecule has 2 heterocycles. The lowest BCUT2D eigenvalue weighted by molar-refractivity contribution is 0.102. The maximum Gasteiger partial charge on any atom is 0.257 e. The van der Waals surface area contributed by atoms with Gasteiger partial charge in [0.15, 0.2) is 5.13 Å². The highest BCUT2D eigenvalue weighted by molar-refractivity contribution is 7.15. The van der Waals surface area contributed by atoms with Crippen LogP contribution in [0.4, 0.5) is 5.13 Å². The second-order valence-corrected chi connectivity index (χ2v) is 6.42. The Morgan fingerprint density at radius 3 is 2.64 bits per heavy atom. The smallest absolute Gasteiger partial charge is 0.257 e. The van der Waals surface area contributed by atoms with Crippen molar-refractivity contribution in [3.8, 4) is 5.69 Å². The zero-order valence-corrected chi connectivity index (χ0v) is 12.8. The molecule has 5 heteroatoms. The van der Waals surface area contributed by atoms with E-state index in [0.717, 1.165) is 24.2 Å². The van der Waals surface area contributed by atoms with E-state index < -0.39 is 0 Å². The van der Waals surface area contributed by atoms with Gasteiger partial charge < -0.3 is 4.57 Å². The largest absolute Gasteiger partial charge is 0.324 e. The molecule has 0 radical (unpaired) electrons. The Labute approximate surface area is 132 Å². The van der Waals surface area contributed by atoms with Crippen molar-refractivity contribution in [2.45, 2.75) is 19.3 Å². The zero-order chi connectivity index (χ0) is 14.9. The van der Waals surface area contributed by atoms with Crippen LogP contribution in [-0.4, -0.2) is 15.5 Å². The summed E-state index contributed by atoms with van der Waals surface area (Å²) in [7, 11) is 0. The van der Waals surface area contributed by atoms with E-state index in [1.165, 1.54) is 11.3 Å². The third kappa shape index (κ3) is 2.44. The van der Waals surface area contributed by atoms with E-state index in [1.54, 1.807) is 11.3 Å². The Morgan fingerprint density at radius 2 is 1.91 bits per heavy atom. The lowest BCUT2D eigenvalue weighted by Crippen LogP contribution is -2.11. The number of carbonyl (C=O) groups is 1. The molecule has 1 aliphatic rings. The van der Waals surface area contributed by atoms with Crippen molar-refractivity contribution >= 4 is 22.4 Å². The molecule has 4 nitrogen and oxygen atoms in total. The van der Waals surface area contributed by atoms with Crippen LogP contribution in [0.3, 0.4) is 0 Å². The van der Waals surface area contributed by atoms with E-state index in [4.69, 9.17) is 0 Å². The van der Waals surface area contributed by atoms with Gasteiger partial charge in [-0.05, 0) is 55.7 Å². The number of nitrogens with one attached hydrogen (secondary N) is 1. The summed E-state index contributed by atoms with van der Waals surface area (Å²) in [5.74, 6) is -0.105. The second-order valence-electron chi connectivity index (χ2n) is 5.33. The standard InChI is InChI=1S/C17H15N3OS/c21-16(19-17-18-14-4-3-5-15(14)22-17)12-6-8-13(9-7-12)20-10-1-2-11-20/h1-2,6-11H,3-5H2,(H,18,19,21). The number of hydrogen-bond donors (Lipinski definition) is 1. The number of thiazole rings is 1. The molecular formula is C17H15N3OS. The van der Waals surface area contributed by atoms with Crippen LogP contribution in [-0.2, 0) is 12.8 Å². The molecule has 0 saturated heterocycles. The summed E-state index contributed by atoms with van der Waals surface area (Å²) in [4.78, 5) is 18.1. The fourth-order valence-corrected chi connectivity index (χ4v) is 3.75. The van der Waals surface area contributed by atoms with E-state index >= 15 is 0 Å². The fraction of sp³-hybridized carbons (Fsp3) is 0.176. The van der Waals surface area contributed by atoms with Gasteiger partial charge in [-0.1, -0.05) is 0 Å². The van der Waals surface area contributed by atoms with Gasteiger partial charge in [0.05, 0.1) is 5.69 Å². The number of anilines is 1. The van der Waals surface area contributed by atoms with Gasteiger partial charge in [-0.25, -0.2) is 4.98 Å². The molecule has 1 aromatic carbocycles. The number of rotatable bonds is 3. The number of aryl methyl sites for hydroxylation is 2. The van der Waals surface area contributed by atoms with Crippen molar-refractivity contribution in [2.75, 3.05) is 5.32 Å². The van der Waals surface area contributed by atoms with Crippen molar-refractivity contribution in [2.24, 2.45) is 0 Å². The molecule has 1 amide bonds. The molecule has 110 valence electrons. The van der Waals surface area contributed by atoms with E-state index in [1.807, 2.05) is 53.4 Å². The molecule has 0 saturated carbocycles. The lowest BCUT2D eigenvalue weighted by atomic mass is 10.2. The number of nitrogens with zero attached hydrogens (tertiary/aromatic N) is 2. The van der Waals surface area contributed by atoms with Crippen molar-refractivity contribution in [3.05, 3.63) is 64.9 Å². The van der Waals surface area contributed by atoms with E-state index in [2.05, 4.69) is 10.3 Å². The summed E-state index contributed by atoms with van der Waals surface area (Å²) < 4.78 is 2.01. The minimum absolute atomic E-state index is 0.105. The molecule has 4 rings (SSSR count). The summed E-state index contributed by atoms with van der Waals surface area (Å²) >= 11 is 1.60. The van der Waals surface area contributed by atoms with Gasteiger partial charge in [0, 0.05) is 28.5 Å². The van der Waals surface area contributed by atoms with Gasteiger partial charge in [0.1, 0.15) is 0 Å². The summed E-state index contributed by atoms with van der Waals surface area (Å²) in [5, 5.41) is 3.62. The lowest BCUT2D eigenvalue weighted by Gasteiger charge is -2.05. The van der Waals surface area contributed by atoms with Crippen molar-refractivity contribution in [1.29, 1.82) is 0 Å². The van der Waals surface area contributed by atoms with Gasteiger partial charge in [0.2, 0.25) is 0 Å². The average Bonchev–Trinajstić information content (AvgIpc) is 3.24. The van der Waals surface area contributed by atoms with Crippen LogP contribution in [0.5, 0.6) is 0 Å². The molecule has 0 fully saturated rings. The molecule has 1 N–H and O–H groups in total. The Kier molecular flexibility index (Phi) is 3.27. The predicted octanol–water partition coefficient (Wildman–Crippen LogP) is 3.67. The number of hydrogen-bond acceptors (Lipinski definition) is 3. The molecule has 0 unspecified atom stereocenters. The second kappa shape index (κ2) is 5.42. The van der Waals surface area contributed by atoms with Gasteiger partial charge in [0.25, 0.3) is 5.91 Å². The topological polar surface area (TPSA) is 46.9 Å². The first kappa shape index (κ1) is 13.3. The van der Waals surface area contributed by atoms with Crippen molar-refractivity contribution in [1.82, 2.24) is 9.55 Å². The molecule has 0 bridgehead atoms. The molecule has 1 aliphatic carbocycles. The Bertz CT molecular complexity index is 782. The van der Waals surface area contributed by atoms with Crippen LogP contribution < -0.4 is 5.32 Å². The van der Waals surface area contributed by atoms with Gasteiger partial charge in [-0.15, -0.1) is 11.3 Å². The van der Waals surface area contributed by atoms with E-state index in [-0.39, 0.29) is 5.91 Å². The van der Waals surface area contributed by atoms with Crippen molar-refractivity contribution in [3.63, 3.8) is 0 Å². The summed E-state index contributed by atoms with van der Waals surface area (Å²) in [6.07, 6.45) is 7.27. The normalized spacial score (nSPS) is 13.1. The maximum absolute atomic E-state index is 12.3. The van der Waals surface area contributed by atoms with Crippen LogP contribution >= 0.6 is 11.3 Å². The molecule has 22 heavy (non-hydrogen) atoms. The monoisotopic (exact) mass is 309 g/mol. The summed E-state index contributed by atoms with van der Waals surface area (Å²) in [6, 6.07) is 11.5. The first-order valence-electron chi connectivity index (χ1n) is 7.33. The average molecular weight is 309 g/mol. The minimum Gasteiger partial charge on any atom is -0.324 e. The minimum atomic E-state index is -0.105. The quantitative estimate of drug-likeness (QED) is 0.802. The van der Waals surface area contributed by atoms with E-state index in [0.29, 0.717) is 10.7 Å². The third-order valence-corrected chi connectivity index (χ3v) is 4.92. The van der Waals surface area contributed by atoms with E-state index in [9.17, 15) is 4.79 Å². The molecular weight excluding hydrogens is 294 g/mol. The highest BCUT2D eigenvalue weighted by Gasteiger charge is 2.18. The molecule has 2 aromatic heterocycles. The zero-order valence-electron chi connectivity index (χ0n) is 12.0. The maximum atomic E-state index is 12.3. The third-order valence-electron chi connectivity index (χ3n) is 3.85. The number of aromatic nitrogens is 2. The van der Waals surface area contributed by atoms with Crippen LogP contribution in [0, 0.1) is 0 Å². The fourth-order valence-electron chi connectivity index (χ4n) is 2.70. The number of amides is 1. The van der Waals surface area contributed by atoms with Crippen LogP contribution in [0.15, 0.2) is 48.8 Å².